The number of nitrogens with zero attached hydrogens (tertiary/aromatic N) is 2. The van der Waals surface area contributed by atoms with Crippen LogP contribution in [0.1, 0.15) is 25.6 Å². The number of carbonyl (C=O) groups excluding carboxylic acids is 2. The Bertz CT molecular complexity index is 664. The zero-order chi connectivity index (χ0) is 15.9. The minimum absolute atomic E-state index is 0.0399. The number of imidazole rings is 1. The van der Waals surface area contributed by atoms with Crippen LogP contribution in [0, 0.1) is 0 Å². The summed E-state index contributed by atoms with van der Waals surface area (Å²) in [5.74, 6) is 0.487. The molecular formula is C16H21N3O3. The SMILES string of the molecule is CCCC(=O)NCCc1nc2ccccc2n1CC(=O)OC. The van der Waals surface area contributed by atoms with E-state index in [9.17, 15) is 9.59 Å². The molecule has 0 saturated heterocycles. The van der Waals surface area contributed by atoms with Gasteiger partial charge in [-0.3, -0.25) is 9.59 Å². The molecule has 0 aliphatic carbocycles. The van der Waals surface area contributed by atoms with E-state index in [1.54, 1.807) is 0 Å². The first-order valence-corrected chi connectivity index (χ1v) is 7.43. The van der Waals surface area contributed by atoms with E-state index in [-0.39, 0.29) is 18.4 Å². The van der Waals surface area contributed by atoms with E-state index in [1.807, 2.05) is 35.8 Å². The third-order valence-electron chi connectivity index (χ3n) is 3.40. The van der Waals surface area contributed by atoms with Crippen molar-refractivity contribution in [1.29, 1.82) is 0 Å². The van der Waals surface area contributed by atoms with Crippen molar-refractivity contribution >= 4 is 22.9 Å². The van der Waals surface area contributed by atoms with Crippen LogP contribution in [0.3, 0.4) is 0 Å². The summed E-state index contributed by atoms with van der Waals surface area (Å²) in [6.45, 7) is 2.59. The van der Waals surface area contributed by atoms with Crippen LogP contribution in [0.2, 0.25) is 0 Å². The topological polar surface area (TPSA) is 73.2 Å². The summed E-state index contributed by atoms with van der Waals surface area (Å²) in [6.07, 6.45) is 1.92. The number of aromatic nitrogens is 2. The molecule has 6 heteroatoms. The number of benzene rings is 1. The summed E-state index contributed by atoms with van der Waals surface area (Å²) >= 11 is 0. The Morgan fingerprint density at radius 2 is 2.09 bits per heavy atom. The molecule has 0 unspecified atom stereocenters. The maximum atomic E-state index is 11.6. The Morgan fingerprint density at radius 1 is 1.32 bits per heavy atom. The third kappa shape index (κ3) is 3.84. The van der Waals surface area contributed by atoms with Gasteiger partial charge in [-0.25, -0.2) is 4.98 Å². The minimum atomic E-state index is -0.320. The van der Waals surface area contributed by atoms with Crippen LogP contribution in [0.4, 0.5) is 0 Å². The van der Waals surface area contributed by atoms with Gasteiger partial charge in [0.1, 0.15) is 12.4 Å². The summed E-state index contributed by atoms with van der Waals surface area (Å²) in [5.41, 5.74) is 1.73. The molecule has 2 aromatic rings. The van der Waals surface area contributed by atoms with Gasteiger partial charge >= 0.3 is 5.97 Å². The van der Waals surface area contributed by atoms with Crippen molar-refractivity contribution < 1.29 is 14.3 Å². The van der Waals surface area contributed by atoms with Gasteiger partial charge in [-0.15, -0.1) is 0 Å². The van der Waals surface area contributed by atoms with Gasteiger partial charge in [-0.1, -0.05) is 19.1 Å². The van der Waals surface area contributed by atoms with Gasteiger partial charge in [-0.2, -0.15) is 0 Å². The number of methoxy groups -OCH3 is 1. The minimum Gasteiger partial charge on any atom is -0.468 e. The van der Waals surface area contributed by atoms with Crippen LogP contribution in [0.25, 0.3) is 11.0 Å². The van der Waals surface area contributed by atoms with Crippen molar-refractivity contribution in [2.24, 2.45) is 0 Å². The van der Waals surface area contributed by atoms with Crippen LogP contribution in [-0.2, 0) is 27.3 Å². The number of hydrogen-bond acceptors (Lipinski definition) is 4. The molecule has 0 radical (unpaired) electrons. The Hall–Kier alpha value is -2.37. The quantitative estimate of drug-likeness (QED) is 0.790. The van der Waals surface area contributed by atoms with Gasteiger partial charge in [-0.05, 0) is 18.6 Å². The van der Waals surface area contributed by atoms with Gasteiger partial charge in [0.25, 0.3) is 0 Å². The molecular weight excluding hydrogens is 282 g/mol. The van der Waals surface area contributed by atoms with Gasteiger partial charge in [0, 0.05) is 19.4 Å². The second-order valence-electron chi connectivity index (χ2n) is 5.03. The highest BCUT2D eigenvalue weighted by atomic mass is 16.5. The lowest BCUT2D eigenvalue weighted by atomic mass is 10.3. The standard InChI is InChI=1S/C16H21N3O3/c1-3-6-15(20)17-10-9-14-18-12-7-4-5-8-13(12)19(14)11-16(21)22-2/h4-5,7-8H,3,6,9-11H2,1-2H3,(H,17,20). The lowest BCUT2D eigenvalue weighted by molar-refractivity contribution is -0.141. The molecule has 1 aromatic heterocycles. The van der Waals surface area contributed by atoms with Crippen molar-refractivity contribution in [2.45, 2.75) is 32.7 Å². The number of nitrogens with one attached hydrogen (secondary N) is 1. The number of rotatable bonds is 7. The summed E-state index contributed by atoms with van der Waals surface area (Å²) in [7, 11) is 1.37. The Balaban J connectivity index is 2.15. The van der Waals surface area contributed by atoms with Crippen LogP contribution in [-0.4, -0.2) is 35.1 Å². The van der Waals surface area contributed by atoms with Gasteiger partial charge in [0.2, 0.25) is 5.91 Å². The fraction of sp³-hybridized carbons (Fsp3) is 0.438. The lowest BCUT2D eigenvalue weighted by Gasteiger charge is -2.08. The number of ether oxygens (including phenoxy) is 1. The summed E-state index contributed by atoms with van der Waals surface area (Å²) < 4.78 is 6.59. The molecule has 0 atom stereocenters. The second-order valence-corrected chi connectivity index (χ2v) is 5.03. The molecule has 1 heterocycles. The third-order valence-corrected chi connectivity index (χ3v) is 3.40. The average Bonchev–Trinajstić information content (AvgIpc) is 2.85. The van der Waals surface area contributed by atoms with Gasteiger partial charge < -0.3 is 14.6 Å². The first kappa shape index (κ1) is 16.0. The predicted octanol–water partition coefficient (Wildman–Crippen LogP) is 1.67. The van der Waals surface area contributed by atoms with Crippen LogP contribution >= 0.6 is 0 Å². The Morgan fingerprint density at radius 3 is 2.82 bits per heavy atom. The molecule has 6 nitrogen and oxygen atoms in total. The van der Waals surface area contributed by atoms with E-state index >= 15 is 0 Å². The number of para-hydroxylation sites is 2. The maximum Gasteiger partial charge on any atom is 0.325 e. The molecule has 0 saturated carbocycles. The van der Waals surface area contributed by atoms with E-state index in [0.717, 1.165) is 23.3 Å². The number of fused-ring (bicyclic) bond motifs is 1. The van der Waals surface area contributed by atoms with Crippen LogP contribution < -0.4 is 5.32 Å². The van der Waals surface area contributed by atoms with E-state index in [0.29, 0.717) is 19.4 Å². The first-order chi connectivity index (χ1) is 10.7. The molecule has 0 aliphatic rings. The van der Waals surface area contributed by atoms with Crippen LogP contribution in [0.15, 0.2) is 24.3 Å². The largest absolute Gasteiger partial charge is 0.468 e. The Kier molecular flexibility index (Phi) is 5.52. The van der Waals surface area contributed by atoms with E-state index in [2.05, 4.69) is 10.3 Å². The molecule has 0 aliphatic heterocycles. The van der Waals surface area contributed by atoms with Crippen molar-refractivity contribution in [3.63, 3.8) is 0 Å². The number of hydrogen-bond donors (Lipinski definition) is 1. The zero-order valence-electron chi connectivity index (χ0n) is 13.0. The van der Waals surface area contributed by atoms with Crippen LogP contribution in [0.5, 0.6) is 0 Å². The molecule has 1 aromatic carbocycles. The monoisotopic (exact) mass is 303 g/mol. The Labute approximate surface area is 129 Å². The smallest absolute Gasteiger partial charge is 0.325 e. The highest BCUT2D eigenvalue weighted by Gasteiger charge is 2.13. The lowest BCUT2D eigenvalue weighted by Crippen LogP contribution is -2.26. The van der Waals surface area contributed by atoms with Crippen molar-refractivity contribution in [3.8, 4) is 0 Å². The molecule has 1 amide bonds. The molecule has 0 bridgehead atoms. The highest BCUT2D eigenvalue weighted by Crippen LogP contribution is 2.16. The predicted molar refractivity (Wildman–Crippen MR) is 83.4 cm³/mol. The van der Waals surface area contributed by atoms with E-state index in [4.69, 9.17) is 4.74 Å². The molecule has 0 fully saturated rings. The summed E-state index contributed by atoms with van der Waals surface area (Å²) in [4.78, 5) is 27.7. The number of carbonyl (C=O) groups is 2. The van der Waals surface area contributed by atoms with E-state index in [1.165, 1.54) is 7.11 Å². The zero-order valence-corrected chi connectivity index (χ0v) is 13.0. The number of amides is 1. The second kappa shape index (κ2) is 7.59. The van der Waals surface area contributed by atoms with Crippen molar-refractivity contribution in [1.82, 2.24) is 14.9 Å². The average molecular weight is 303 g/mol. The van der Waals surface area contributed by atoms with Crippen molar-refractivity contribution in [2.75, 3.05) is 13.7 Å². The van der Waals surface area contributed by atoms with E-state index < -0.39 is 0 Å². The van der Waals surface area contributed by atoms with Gasteiger partial charge in [0.05, 0.1) is 18.1 Å². The fourth-order valence-electron chi connectivity index (χ4n) is 2.32. The molecule has 2 rings (SSSR count). The normalized spacial score (nSPS) is 10.6. The molecule has 118 valence electrons. The fourth-order valence-corrected chi connectivity index (χ4v) is 2.32. The summed E-state index contributed by atoms with van der Waals surface area (Å²) in [6, 6.07) is 7.64. The molecule has 22 heavy (non-hydrogen) atoms. The van der Waals surface area contributed by atoms with Gasteiger partial charge in [0.15, 0.2) is 0 Å². The van der Waals surface area contributed by atoms with Crippen molar-refractivity contribution in [3.05, 3.63) is 30.1 Å². The molecule has 0 spiro atoms. The first-order valence-electron chi connectivity index (χ1n) is 7.43. The molecule has 1 N–H and O–H groups in total. The highest BCUT2D eigenvalue weighted by molar-refractivity contribution is 5.79. The summed E-state index contributed by atoms with van der Waals surface area (Å²) in [5, 5.41) is 2.86. The number of esters is 1. The maximum absolute atomic E-state index is 11.6.